The van der Waals surface area contributed by atoms with E-state index >= 15 is 0 Å². The van der Waals surface area contributed by atoms with Gasteiger partial charge in [-0.15, -0.1) is 0 Å². The van der Waals surface area contributed by atoms with Crippen molar-refractivity contribution >= 4 is 22.0 Å². The minimum absolute atomic E-state index is 0.0682. The highest BCUT2D eigenvalue weighted by molar-refractivity contribution is 7.16. The molecule has 22 heavy (non-hydrogen) atoms. The lowest BCUT2D eigenvalue weighted by Gasteiger charge is -2.12. The molecule has 1 N–H and O–H groups in total. The maximum absolute atomic E-state index is 9.74. The van der Waals surface area contributed by atoms with Gasteiger partial charge in [0, 0.05) is 31.8 Å². The number of benzene rings is 1. The maximum Gasteiger partial charge on any atom is 0.213 e. The molecule has 0 radical (unpaired) electrons. The first-order valence-corrected chi connectivity index (χ1v) is 8.21. The monoisotopic (exact) mass is 316 g/mol. The van der Waals surface area contributed by atoms with Gasteiger partial charge in [0.15, 0.2) is 0 Å². The van der Waals surface area contributed by atoms with Crippen LogP contribution < -0.4 is 4.90 Å². The predicted molar refractivity (Wildman–Crippen MR) is 90.5 cm³/mol. The highest BCUT2D eigenvalue weighted by Crippen LogP contribution is 2.28. The average Bonchev–Trinajstić information content (AvgIpc) is 3.04. The van der Waals surface area contributed by atoms with Gasteiger partial charge in [-0.3, -0.25) is 0 Å². The Hall–Kier alpha value is -1.92. The van der Waals surface area contributed by atoms with Crippen molar-refractivity contribution in [1.29, 1.82) is 0 Å². The molecule has 0 spiro atoms. The lowest BCUT2D eigenvalue weighted by atomic mass is 10.1. The SMILES string of the molecule is CCCc1nn2c(CO)c(-c3ccc(N(C)C)cc3)nc2s1. The summed E-state index contributed by atoms with van der Waals surface area (Å²) in [5.41, 5.74) is 3.71. The molecule has 5 nitrogen and oxygen atoms in total. The second-order valence-electron chi connectivity index (χ2n) is 5.45. The fourth-order valence-corrected chi connectivity index (χ4v) is 3.45. The Morgan fingerprint density at radius 3 is 2.55 bits per heavy atom. The Labute approximate surface area is 133 Å². The first kappa shape index (κ1) is 15.0. The summed E-state index contributed by atoms with van der Waals surface area (Å²) in [6.07, 6.45) is 2.01. The number of imidazole rings is 1. The third-order valence-corrected chi connectivity index (χ3v) is 4.58. The third kappa shape index (κ3) is 2.60. The molecule has 0 amide bonds. The van der Waals surface area contributed by atoms with E-state index in [2.05, 4.69) is 34.0 Å². The van der Waals surface area contributed by atoms with Crippen molar-refractivity contribution in [2.75, 3.05) is 19.0 Å². The summed E-state index contributed by atoms with van der Waals surface area (Å²) in [4.78, 5) is 7.58. The van der Waals surface area contributed by atoms with E-state index in [1.807, 2.05) is 26.2 Å². The molecule has 2 aromatic heterocycles. The number of nitrogens with zero attached hydrogens (tertiary/aromatic N) is 4. The van der Waals surface area contributed by atoms with Crippen LogP contribution in [0, 0.1) is 0 Å². The molecule has 2 heterocycles. The van der Waals surface area contributed by atoms with Gasteiger partial charge >= 0.3 is 0 Å². The fourth-order valence-electron chi connectivity index (χ4n) is 2.44. The standard InChI is InChI=1S/C16H20N4OS/c1-4-5-14-18-20-13(10-21)15(17-16(20)22-14)11-6-8-12(9-7-11)19(2)3/h6-9,21H,4-5,10H2,1-3H3. The van der Waals surface area contributed by atoms with Gasteiger partial charge in [-0.25, -0.2) is 9.50 Å². The van der Waals surface area contributed by atoms with Crippen LogP contribution in [0.3, 0.4) is 0 Å². The van der Waals surface area contributed by atoms with Gasteiger partial charge in [-0.05, 0) is 18.6 Å². The number of aromatic nitrogens is 3. The van der Waals surface area contributed by atoms with Crippen LogP contribution in [-0.4, -0.2) is 33.8 Å². The smallest absolute Gasteiger partial charge is 0.213 e. The zero-order valence-electron chi connectivity index (χ0n) is 13.1. The molecule has 3 aromatic rings. The van der Waals surface area contributed by atoms with Gasteiger partial charge in [0.1, 0.15) is 5.01 Å². The Morgan fingerprint density at radius 1 is 1.23 bits per heavy atom. The van der Waals surface area contributed by atoms with Crippen LogP contribution in [0.2, 0.25) is 0 Å². The second-order valence-corrected chi connectivity index (χ2v) is 6.49. The van der Waals surface area contributed by atoms with Gasteiger partial charge in [-0.1, -0.05) is 30.4 Å². The molecule has 6 heteroatoms. The van der Waals surface area contributed by atoms with E-state index in [0.29, 0.717) is 0 Å². The van der Waals surface area contributed by atoms with Crippen LogP contribution in [-0.2, 0) is 13.0 Å². The number of aryl methyl sites for hydroxylation is 1. The zero-order valence-corrected chi connectivity index (χ0v) is 13.9. The average molecular weight is 316 g/mol. The quantitative estimate of drug-likeness (QED) is 0.786. The number of fused-ring (bicyclic) bond motifs is 1. The number of hydrogen-bond acceptors (Lipinski definition) is 5. The van der Waals surface area contributed by atoms with Gasteiger partial charge in [-0.2, -0.15) is 5.10 Å². The van der Waals surface area contributed by atoms with Gasteiger partial charge in [0.2, 0.25) is 4.96 Å². The van der Waals surface area contributed by atoms with Crippen molar-refractivity contribution in [2.24, 2.45) is 0 Å². The molecule has 116 valence electrons. The van der Waals surface area contributed by atoms with Crippen molar-refractivity contribution in [2.45, 2.75) is 26.4 Å². The van der Waals surface area contributed by atoms with Crippen LogP contribution in [0.5, 0.6) is 0 Å². The summed E-state index contributed by atoms with van der Waals surface area (Å²) in [5.74, 6) is 0. The van der Waals surface area contributed by atoms with Crippen LogP contribution >= 0.6 is 11.3 Å². The lowest BCUT2D eigenvalue weighted by Crippen LogP contribution is -2.08. The van der Waals surface area contributed by atoms with E-state index in [9.17, 15) is 5.11 Å². The molecule has 0 fully saturated rings. The highest BCUT2D eigenvalue weighted by atomic mass is 32.1. The number of hydrogen-bond donors (Lipinski definition) is 1. The van der Waals surface area contributed by atoms with Crippen LogP contribution in [0.4, 0.5) is 5.69 Å². The van der Waals surface area contributed by atoms with E-state index in [0.717, 1.165) is 45.4 Å². The topological polar surface area (TPSA) is 53.7 Å². The molecule has 0 aliphatic heterocycles. The normalized spacial score (nSPS) is 11.3. The first-order valence-electron chi connectivity index (χ1n) is 7.40. The van der Waals surface area contributed by atoms with Crippen molar-refractivity contribution in [1.82, 2.24) is 14.6 Å². The molecule has 0 saturated heterocycles. The van der Waals surface area contributed by atoms with Crippen molar-refractivity contribution in [3.05, 3.63) is 35.0 Å². The zero-order chi connectivity index (χ0) is 15.7. The van der Waals surface area contributed by atoms with Crippen LogP contribution in [0.1, 0.15) is 24.0 Å². The number of anilines is 1. The molecule has 0 saturated carbocycles. The Balaban J connectivity index is 2.04. The molecule has 0 aliphatic carbocycles. The summed E-state index contributed by atoms with van der Waals surface area (Å²) in [5, 5.41) is 15.4. The van der Waals surface area contributed by atoms with E-state index < -0.39 is 0 Å². The number of aliphatic hydroxyl groups is 1. The Kier molecular flexibility index (Phi) is 4.13. The molecular formula is C16H20N4OS. The second kappa shape index (κ2) is 6.06. The van der Waals surface area contributed by atoms with E-state index in [4.69, 9.17) is 0 Å². The molecule has 0 bridgehead atoms. The van der Waals surface area contributed by atoms with Crippen LogP contribution in [0.15, 0.2) is 24.3 Å². The van der Waals surface area contributed by atoms with Crippen LogP contribution in [0.25, 0.3) is 16.2 Å². The minimum atomic E-state index is -0.0682. The summed E-state index contributed by atoms with van der Waals surface area (Å²) in [6, 6.07) is 8.18. The van der Waals surface area contributed by atoms with E-state index in [1.54, 1.807) is 15.9 Å². The molecule has 0 aliphatic rings. The summed E-state index contributed by atoms with van der Waals surface area (Å²) in [7, 11) is 4.03. The molecule has 0 unspecified atom stereocenters. The predicted octanol–water partition coefficient (Wildman–Crippen LogP) is 2.97. The molecule has 0 atom stereocenters. The largest absolute Gasteiger partial charge is 0.390 e. The maximum atomic E-state index is 9.74. The summed E-state index contributed by atoms with van der Waals surface area (Å²) >= 11 is 1.60. The molecule has 1 aromatic carbocycles. The van der Waals surface area contributed by atoms with Crippen molar-refractivity contribution < 1.29 is 5.11 Å². The molecule has 3 rings (SSSR count). The number of rotatable bonds is 5. The van der Waals surface area contributed by atoms with Gasteiger partial charge in [0.05, 0.1) is 18.0 Å². The minimum Gasteiger partial charge on any atom is -0.390 e. The summed E-state index contributed by atoms with van der Waals surface area (Å²) in [6.45, 7) is 2.07. The van der Waals surface area contributed by atoms with Gasteiger partial charge in [0.25, 0.3) is 0 Å². The summed E-state index contributed by atoms with van der Waals surface area (Å²) < 4.78 is 1.78. The number of aliphatic hydroxyl groups excluding tert-OH is 1. The Morgan fingerprint density at radius 2 is 1.95 bits per heavy atom. The van der Waals surface area contributed by atoms with Crippen molar-refractivity contribution in [3.8, 4) is 11.3 Å². The fraction of sp³-hybridized carbons (Fsp3) is 0.375. The third-order valence-electron chi connectivity index (χ3n) is 3.61. The van der Waals surface area contributed by atoms with E-state index in [-0.39, 0.29) is 6.61 Å². The first-order chi connectivity index (χ1) is 10.6. The highest BCUT2D eigenvalue weighted by Gasteiger charge is 2.17. The van der Waals surface area contributed by atoms with E-state index in [1.165, 1.54) is 0 Å². The molecular weight excluding hydrogens is 296 g/mol. The van der Waals surface area contributed by atoms with Gasteiger partial charge < -0.3 is 10.0 Å². The Bertz CT molecular complexity index is 773. The lowest BCUT2D eigenvalue weighted by molar-refractivity contribution is 0.275. The van der Waals surface area contributed by atoms with Crippen molar-refractivity contribution in [3.63, 3.8) is 0 Å².